The van der Waals surface area contributed by atoms with Gasteiger partial charge in [0, 0.05) is 5.41 Å². The van der Waals surface area contributed by atoms with Crippen LogP contribution in [0.25, 0.3) is 0 Å². The first kappa shape index (κ1) is 16.1. The number of carboxylic acids is 1. The molecule has 1 N–H and O–H groups in total. The predicted octanol–water partition coefficient (Wildman–Crippen LogP) is 4.10. The molecule has 1 aliphatic rings. The summed E-state index contributed by atoms with van der Waals surface area (Å²) in [7, 11) is 3.20. The van der Waals surface area contributed by atoms with E-state index in [0.29, 0.717) is 11.5 Å². The monoisotopic (exact) mass is 356 g/mol. The summed E-state index contributed by atoms with van der Waals surface area (Å²) in [4.78, 5) is 11.2. The summed E-state index contributed by atoms with van der Waals surface area (Å²) in [6, 6.07) is 1.95. The molecule has 1 aromatic carbocycles. The number of hydrogen-bond acceptors (Lipinski definition) is 3. The molecule has 1 fully saturated rings. The lowest BCUT2D eigenvalue weighted by Crippen LogP contribution is -2.17. The number of rotatable bonds is 6. The largest absolute Gasteiger partial charge is 0.493 e. The van der Waals surface area contributed by atoms with Crippen molar-refractivity contribution in [2.75, 3.05) is 14.2 Å². The van der Waals surface area contributed by atoms with Crippen molar-refractivity contribution >= 4 is 21.9 Å². The SMILES string of the molecule is COc1cc(C2(CC(=O)O)CC2)c(C(C)C)c(Br)c1OC. The Morgan fingerprint density at radius 1 is 1.38 bits per heavy atom. The summed E-state index contributed by atoms with van der Waals surface area (Å²) in [5, 5.41) is 9.21. The molecule has 21 heavy (non-hydrogen) atoms. The van der Waals surface area contributed by atoms with Crippen LogP contribution in [0.2, 0.25) is 0 Å². The molecule has 1 saturated carbocycles. The summed E-state index contributed by atoms with van der Waals surface area (Å²) in [6.45, 7) is 4.21. The van der Waals surface area contributed by atoms with E-state index in [1.807, 2.05) is 6.07 Å². The maximum absolute atomic E-state index is 11.2. The van der Waals surface area contributed by atoms with Crippen molar-refractivity contribution in [1.82, 2.24) is 0 Å². The zero-order chi connectivity index (χ0) is 15.8. The maximum Gasteiger partial charge on any atom is 0.304 e. The van der Waals surface area contributed by atoms with E-state index in [0.717, 1.165) is 28.4 Å². The zero-order valence-electron chi connectivity index (χ0n) is 12.8. The van der Waals surface area contributed by atoms with Gasteiger partial charge in [-0.05, 0) is 51.9 Å². The molecule has 0 atom stereocenters. The zero-order valence-corrected chi connectivity index (χ0v) is 14.4. The molecule has 0 unspecified atom stereocenters. The lowest BCUT2D eigenvalue weighted by molar-refractivity contribution is -0.137. The number of halogens is 1. The molecular formula is C16H21BrO4. The highest BCUT2D eigenvalue weighted by Crippen LogP contribution is 2.56. The van der Waals surface area contributed by atoms with E-state index in [-0.39, 0.29) is 17.8 Å². The van der Waals surface area contributed by atoms with Gasteiger partial charge in [0.15, 0.2) is 11.5 Å². The van der Waals surface area contributed by atoms with Crippen LogP contribution in [0.15, 0.2) is 10.5 Å². The standard InChI is InChI=1S/C16H21BrO4/c1-9(2)13-10(16(5-6-16)8-12(18)19)7-11(20-3)15(21-4)14(13)17/h7,9H,5-6,8H2,1-4H3,(H,18,19). The molecule has 0 saturated heterocycles. The average molecular weight is 357 g/mol. The third-order valence-electron chi connectivity index (χ3n) is 4.14. The van der Waals surface area contributed by atoms with Crippen LogP contribution in [0.1, 0.15) is 50.2 Å². The smallest absolute Gasteiger partial charge is 0.304 e. The minimum atomic E-state index is -0.756. The molecular weight excluding hydrogens is 336 g/mol. The topological polar surface area (TPSA) is 55.8 Å². The molecule has 4 nitrogen and oxygen atoms in total. The molecule has 0 amide bonds. The third kappa shape index (κ3) is 2.89. The quantitative estimate of drug-likeness (QED) is 0.833. The Kier molecular flexibility index (Phi) is 4.51. The molecule has 0 aliphatic heterocycles. The number of aliphatic carboxylic acids is 1. The van der Waals surface area contributed by atoms with Crippen LogP contribution in [0.5, 0.6) is 11.5 Å². The number of ether oxygens (including phenoxy) is 2. The second-order valence-electron chi connectivity index (χ2n) is 5.89. The van der Waals surface area contributed by atoms with Gasteiger partial charge >= 0.3 is 5.97 Å². The van der Waals surface area contributed by atoms with Crippen molar-refractivity contribution < 1.29 is 19.4 Å². The van der Waals surface area contributed by atoms with Crippen molar-refractivity contribution in [3.05, 3.63) is 21.7 Å². The van der Waals surface area contributed by atoms with Crippen LogP contribution in [-0.2, 0) is 10.2 Å². The number of benzene rings is 1. The molecule has 5 heteroatoms. The fraction of sp³-hybridized carbons (Fsp3) is 0.562. The van der Waals surface area contributed by atoms with Gasteiger partial charge in [0.25, 0.3) is 0 Å². The first-order valence-electron chi connectivity index (χ1n) is 7.03. The highest BCUT2D eigenvalue weighted by atomic mass is 79.9. The van der Waals surface area contributed by atoms with Gasteiger partial charge < -0.3 is 14.6 Å². The number of carbonyl (C=O) groups is 1. The summed E-state index contributed by atoms with van der Waals surface area (Å²) in [6.07, 6.45) is 1.97. The lowest BCUT2D eigenvalue weighted by atomic mass is 9.84. The second kappa shape index (κ2) is 5.87. The van der Waals surface area contributed by atoms with Crippen LogP contribution in [-0.4, -0.2) is 25.3 Å². The molecule has 0 aromatic heterocycles. The Balaban J connectivity index is 2.64. The fourth-order valence-electron chi connectivity index (χ4n) is 2.95. The Hall–Kier alpha value is -1.23. The highest BCUT2D eigenvalue weighted by Gasteiger charge is 2.48. The van der Waals surface area contributed by atoms with Crippen LogP contribution >= 0.6 is 15.9 Å². The van der Waals surface area contributed by atoms with Gasteiger partial charge in [-0.1, -0.05) is 13.8 Å². The van der Waals surface area contributed by atoms with Crippen LogP contribution < -0.4 is 9.47 Å². The Labute approximate surface area is 133 Å². The molecule has 0 spiro atoms. The van der Waals surface area contributed by atoms with E-state index in [2.05, 4.69) is 29.8 Å². The highest BCUT2D eigenvalue weighted by molar-refractivity contribution is 9.10. The van der Waals surface area contributed by atoms with Gasteiger partial charge in [0.1, 0.15) is 0 Å². The Bertz CT molecular complexity index is 562. The van der Waals surface area contributed by atoms with E-state index < -0.39 is 5.97 Å². The van der Waals surface area contributed by atoms with Gasteiger partial charge in [0.2, 0.25) is 0 Å². The minimum Gasteiger partial charge on any atom is -0.493 e. The molecule has 1 aliphatic carbocycles. The lowest BCUT2D eigenvalue weighted by Gasteiger charge is -2.24. The van der Waals surface area contributed by atoms with E-state index in [4.69, 9.17) is 9.47 Å². The summed E-state index contributed by atoms with van der Waals surface area (Å²) in [5.74, 6) is 0.810. The first-order chi connectivity index (χ1) is 9.86. The van der Waals surface area contributed by atoms with Crippen molar-refractivity contribution in [2.24, 2.45) is 0 Å². The minimum absolute atomic E-state index is 0.161. The van der Waals surface area contributed by atoms with E-state index >= 15 is 0 Å². The normalized spacial score (nSPS) is 15.9. The van der Waals surface area contributed by atoms with Crippen molar-refractivity contribution in [3.63, 3.8) is 0 Å². The van der Waals surface area contributed by atoms with E-state index in [9.17, 15) is 9.90 Å². The second-order valence-corrected chi connectivity index (χ2v) is 6.69. The Morgan fingerprint density at radius 3 is 2.38 bits per heavy atom. The maximum atomic E-state index is 11.2. The van der Waals surface area contributed by atoms with Gasteiger partial charge in [-0.2, -0.15) is 0 Å². The third-order valence-corrected chi connectivity index (χ3v) is 4.93. The Morgan fingerprint density at radius 2 is 2.00 bits per heavy atom. The van der Waals surface area contributed by atoms with Crippen LogP contribution in [0, 0.1) is 0 Å². The van der Waals surface area contributed by atoms with Crippen molar-refractivity contribution in [1.29, 1.82) is 0 Å². The number of hydrogen-bond donors (Lipinski definition) is 1. The molecule has 116 valence electrons. The van der Waals surface area contributed by atoms with Gasteiger partial charge in [-0.15, -0.1) is 0 Å². The van der Waals surface area contributed by atoms with Crippen molar-refractivity contribution in [2.45, 2.75) is 44.4 Å². The van der Waals surface area contributed by atoms with Crippen LogP contribution in [0.3, 0.4) is 0 Å². The van der Waals surface area contributed by atoms with E-state index in [1.54, 1.807) is 14.2 Å². The fourth-order valence-corrected chi connectivity index (χ4v) is 3.98. The molecule has 1 aromatic rings. The first-order valence-corrected chi connectivity index (χ1v) is 7.82. The van der Waals surface area contributed by atoms with Crippen molar-refractivity contribution in [3.8, 4) is 11.5 Å². The molecule has 2 rings (SSSR count). The summed E-state index contributed by atoms with van der Waals surface area (Å²) in [5.41, 5.74) is 1.93. The van der Waals surface area contributed by atoms with Gasteiger partial charge in [0.05, 0.1) is 25.1 Å². The average Bonchev–Trinajstić information content (AvgIpc) is 3.16. The number of methoxy groups -OCH3 is 2. The van der Waals surface area contributed by atoms with Gasteiger partial charge in [-0.25, -0.2) is 0 Å². The number of carboxylic acid groups (broad SMARTS) is 1. The summed E-state index contributed by atoms with van der Waals surface area (Å²) < 4.78 is 11.7. The van der Waals surface area contributed by atoms with Gasteiger partial charge in [-0.3, -0.25) is 4.79 Å². The predicted molar refractivity (Wildman–Crippen MR) is 84.5 cm³/mol. The summed E-state index contributed by atoms with van der Waals surface area (Å²) >= 11 is 3.62. The molecule has 0 bridgehead atoms. The van der Waals surface area contributed by atoms with E-state index in [1.165, 1.54) is 0 Å². The molecule has 0 radical (unpaired) electrons. The van der Waals surface area contributed by atoms with Crippen LogP contribution in [0.4, 0.5) is 0 Å². The molecule has 0 heterocycles.